The molecule has 26 heavy (non-hydrogen) atoms. The van der Waals surface area contributed by atoms with Crippen LogP contribution in [-0.4, -0.2) is 35.0 Å². The molecule has 0 saturated heterocycles. The first-order chi connectivity index (χ1) is 12.2. The van der Waals surface area contributed by atoms with E-state index in [2.05, 4.69) is 24.6 Å². The van der Waals surface area contributed by atoms with Crippen molar-refractivity contribution in [3.63, 3.8) is 0 Å². The summed E-state index contributed by atoms with van der Waals surface area (Å²) in [6.45, 7) is 1.63. The molecular weight excluding hydrogens is 373 g/mol. The van der Waals surface area contributed by atoms with Gasteiger partial charge in [-0.2, -0.15) is 21.6 Å². The Bertz CT molecular complexity index is 1130. The average molecular weight is 384 g/mol. The molecule has 0 bridgehead atoms. The SMILES string of the molecule is CNc1nc(C(F)(F)F)nc2c1ncn2-c1cccc(C)c1N=S(=O)=O. The highest BCUT2D eigenvalue weighted by molar-refractivity contribution is 7.61. The third-order valence-electron chi connectivity index (χ3n) is 3.53. The Hall–Kier alpha value is -3.02. The van der Waals surface area contributed by atoms with Crippen molar-refractivity contribution in [1.82, 2.24) is 19.5 Å². The van der Waals surface area contributed by atoms with Crippen molar-refractivity contribution in [2.24, 2.45) is 4.36 Å². The number of halogens is 3. The van der Waals surface area contributed by atoms with Crippen molar-refractivity contribution in [2.75, 3.05) is 12.4 Å². The van der Waals surface area contributed by atoms with Crippen LogP contribution in [0.25, 0.3) is 16.9 Å². The molecule has 136 valence electrons. The molecule has 3 rings (SSSR count). The molecular formula is C14H11F3N6O2S. The Balaban J connectivity index is 2.38. The average Bonchev–Trinajstić information content (AvgIpc) is 2.98. The summed E-state index contributed by atoms with van der Waals surface area (Å²) < 4.78 is 66.1. The van der Waals surface area contributed by atoms with E-state index in [4.69, 9.17) is 0 Å². The predicted molar refractivity (Wildman–Crippen MR) is 87.0 cm³/mol. The van der Waals surface area contributed by atoms with Crippen molar-refractivity contribution in [3.8, 4) is 5.69 Å². The topological polar surface area (TPSA) is 102 Å². The summed E-state index contributed by atoms with van der Waals surface area (Å²) in [4.78, 5) is 11.1. The van der Waals surface area contributed by atoms with Crippen LogP contribution in [0.3, 0.4) is 0 Å². The molecule has 0 aliphatic rings. The lowest BCUT2D eigenvalue weighted by atomic mass is 10.1. The Morgan fingerprint density at radius 1 is 1.23 bits per heavy atom. The van der Waals surface area contributed by atoms with E-state index in [0.717, 1.165) is 0 Å². The second-order valence-electron chi connectivity index (χ2n) is 5.18. The summed E-state index contributed by atoms with van der Waals surface area (Å²) in [5.41, 5.74) is 0.808. The molecule has 0 aliphatic heterocycles. The van der Waals surface area contributed by atoms with Crippen molar-refractivity contribution in [1.29, 1.82) is 0 Å². The summed E-state index contributed by atoms with van der Waals surface area (Å²) >= 11 is 0. The normalized spacial score (nSPS) is 11.6. The standard InChI is InChI=1S/C14H11F3N6O2S/c1-7-4-3-5-8(9(7)22-26(24)25)23-6-19-10-11(18-2)20-13(14(15,16)17)21-12(10)23/h3-6H,1-2H3,(H,18,20,21). The van der Waals surface area contributed by atoms with Crippen molar-refractivity contribution in [3.05, 3.63) is 35.9 Å². The molecule has 0 unspecified atom stereocenters. The highest BCUT2D eigenvalue weighted by Crippen LogP contribution is 2.33. The molecule has 0 saturated carbocycles. The van der Waals surface area contributed by atoms with Gasteiger partial charge in [0, 0.05) is 7.05 Å². The minimum Gasteiger partial charge on any atom is -0.371 e. The summed E-state index contributed by atoms with van der Waals surface area (Å²) in [7, 11) is -1.33. The van der Waals surface area contributed by atoms with Gasteiger partial charge in [0.25, 0.3) is 0 Å². The van der Waals surface area contributed by atoms with Gasteiger partial charge in [0.15, 0.2) is 17.0 Å². The van der Waals surface area contributed by atoms with E-state index in [1.54, 1.807) is 19.1 Å². The third-order valence-corrected chi connectivity index (χ3v) is 3.86. The lowest BCUT2D eigenvalue weighted by Gasteiger charge is -2.11. The second kappa shape index (κ2) is 6.37. The Labute approximate surface area is 146 Å². The van der Waals surface area contributed by atoms with Crippen LogP contribution in [0.2, 0.25) is 0 Å². The van der Waals surface area contributed by atoms with Crippen LogP contribution >= 0.6 is 0 Å². The number of rotatable bonds is 3. The number of aryl methyl sites for hydroxylation is 1. The number of nitrogens with zero attached hydrogens (tertiary/aromatic N) is 5. The van der Waals surface area contributed by atoms with Gasteiger partial charge < -0.3 is 5.32 Å². The van der Waals surface area contributed by atoms with Gasteiger partial charge in [-0.1, -0.05) is 12.1 Å². The Morgan fingerprint density at radius 3 is 2.58 bits per heavy atom. The van der Waals surface area contributed by atoms with Crippen LogP contribution in [0.1, 0.15) is 11.4 Å². The van der Waals surface area contributed by atoms with Crippen molar-refractivity contribution in [2.45, 2.75) is 13.1 Å². The lowest BCUT2D eigenvalue weighted by Crippen LogP contribution is -2.13. The molecule has 0 fully saturated rings. The van der Waals surface area contributed by atoms with Crippen molar-refractivity contribution < 1.29 is 21.6 Å². The predicted octanol–water partition coefficient (Wildman–Crippen LogP) is 2.88. The largest absolute Gasteiger partial charge is 0.451 e. The summed E-state index contributed by atoms with van der Waals surface area (Å²) in [6, 6.07) is 4.76. The number of nitrogens with one attached hydrogen (secondary N) is 1. The van der Waals surface area contributed by atoms with Crippen LogP contribution in [0, 0.1) is 6.92 Å². The molecule has 8 nitrogen and oxygen atoms in total. The summed E-state index contributed by atoms with van der Waals surface area (Å²) in [5, 5.41) is 2.56. The van der Waals surface area contributed by atoms with Crippen LogP contribution < -0.4 is 5.32 Å². The Morgan fingerprint density at radius 2 is 1.96 bits per heavy atom. The third kappa shape index (κ3) is 3.10. The molecule has 0 spiro atoms. The van der Waals surface area contributed by atoms with E-state index in [1.165, 1.54) is 24.0 Å². The number of aromatic nitrogens is 4. The molecule has 0 radical (unpaired) electrons. The number of imidazole rings is 1. The lowest BCUT2D eigenvalue weighted by molar-refractivity contribution is -0.144. The number of hydrogen-bond donors (Lipinski definition) is 1. The van der Waals surface area contributed by atoms with E-state index < -0.39 is 22.5 Å². The smallest absolute Gasteiger partial charge is 0.371 e. The summed E-state index contributed by atoms with van der Waals surface area (Å²) in [6.07, 6.45) is -3.52. The molecule has 2 heterocycles. The number of benzene rings is 1. The fourth-order valence-electron chi connectivity index (χ4n) is 2.41. The van der Waals surface area contributed by atoms with Gasteiger partial charge in [-0.3, -0.25) is 4.57 Å². The highest BCUT2D eigenvalue weighted by atomic mass is 32.2. The maximum Gasteiger partial charge on any atom is 0.451 e. The minimum absolute atomic E-state index is 0.0818. The molecule has 0 aliphatic carbocycles. The zero-order valence-corrected chi connectivity index (χ0v) is 14.2. The van der Waals surface area contributed by atoms with E-state index in [0.29, 0.717) is 5.56 Å². The van der Waals surface area contributed by atoms with Gasteiger partial charge in [0.05, 0.1) is 5.69 Å². The minimum atomic E-state index is -4.76. The van der Waals surface area contributed by atoms with Crippen LogP contribution in [0.4, 0.5) is 24.7 Å². The fraction of sp³-hybridized carbons (Fsp3) is 0.214. The second-order valence-corrected chi connectivity index (χ2v) is 5.80. The molecule has 0 atom stereocenters. The first kappa shape index (κ1) is 17.8. The zero-order chi connectivity index (χ0) is 19.1. The van der Waals surface area contributed by atoms with Gasteiger partial charge in [-0.15, -0.1) is 4.36 Å². The maximum absolute atomic E-state index is 13.1. The Kier molecular flexibility index (Phi) is 4.36. The van der Waals surface area contributed by atoms with Crippen LogP contribution in [0.5, 0.6) is 0 Å². The number of anilines is 1. The van der Waals surface area contributed by atoms with Gasteiger partial charge in [-0.25, -0.2) is 15.0 Å². The summed E-state index contributed by atoms with van der Waals surface area (Å²) in [5.74, 6) is -1.44. The fourth-order valence-corrected chi connectivity index (χ4v) is 2.80. The monoisotopic (exact) mass is 384 g/mol. The highest BCUT2D eigenvalue weighted by Gasteiger charge is 2.36. The molecule has 12 heteroatoms. The van der Waals surface area contributed by atoms with E-state index in [1.807, 2.05) is 0 Å². The molecule has 1 N–H and O–H groups in total. The first-order valence-corrected chi connectivity index (χ1v) is 8.16. The number of hydrogen-bond acceptors (Lipinski definition) is 7. The molecule has 3 aromatic rings. The maximum atomic E-state index is 13.1. The number of fused-ring (bicyclic) bond motifs is 1. The van der Waals surface area contributed by atoms with Gasteiger partial charge in [-0.05, 0) is 18.6 Å². The van der Waals surface area contributed by atoms with Gasteiger partial charge >= 0.3 is 16.7 Å². The van der Waals surface area contributed by atoms with E-state index >= 15 is 0 Å². The molecule has 1 aromatic carbocycles. The zero-order valence-electron chi connectivity index (χ0n) is 13.4. The first-order valence-electron chi connectivity index (χ1n) is 7.13. The number of alkyl halides is 3. The van der Waals surface area contributed by atoms with E-state index in [9.17, 15) is 21.6 Å². The van der Waals surface area contributed by atoms with Crippen LogP contribution in [-0.2, 0) is 16.7 Å². The van der Waals surface area contributed by atoms with Gasteiger partial charge in [0.2, 0.25) is 5.82 Å². The van der Waals surface area contributed by atoms with Gasteiger partial charge in [0.1, 0.15) is 12.0 Å². The van der Waals surface area contributed by atoms with E-state index in [-0.39, 0.29) is 28.4 Å². The van der Waals surface area contributed by atoms with Crippen molar-refractivity contribution >= 4 is 33.2 Å². The molecule has 2 aromatic heterocycles. The van der Waals surface area contributed by atoms with Crippen LogP contribution in [0.15, 0.2) is 28.9 Å². The quantitative estimate of drug-likeness (QED) is 0.745. The molecule has 0 amide bonds.